The first-order valence-corrected chi connectivity index (χ1v) is 10.9. The lowest BCUT2D eigenvalue weighted by Crippen LogP contribution is -2.05. The number of esters is 1. The van der Waals surface area contributed by atoms with Crippen LogP contribution in [0.2, 0.25) is 0 Å². The number of hydrogen-bond acceptors (Lipinski definition) is 6. The lowest BCUT2D eigenvalue weighted by molar-refractivity contribution is -0.129. The molecule has 0 saturated heterocycles. The molecule has 0 amide bonds. The van der Waals surface area contributed by atoms with E-state index in [1.165, 1.54) is 24.3 Å². The van der Waals surface area contributed by atoms with E-state index in [-0.39, 0.29) is 11.3 Å². The Morgan fingerprint density at radius 1 is 0.892 bits per heavy atom. The van der Waals surface area contributed by atoms with Crippen molar-refractivity contribution in [3.63, 3.8) is 0 Å². The van der Waals surface area contributed by atoms with E-state index in [0.717, 1.165) is 12.4 Å². The molecule has 3 aromatic rings. The van der Waals surface area contributed by atoms with Gasteiger partial charge in [0.15, 0.2) is 0 Å². The van der Waals surface area contributed by atoms with Crippen LogP contribution < -0.4 is 14.2 Å². The highest BCUT2D eigenvalue weighted by Crippen LogP contribution is 2.37. The molecule has 0 fully saturated rings. The molecule has 0 unspecified atom stereocenters. The maximum absolute atomic E-state index is 14.9. The van der Waals surface area contributed by atoms with E-state index < -0.39 is 11.8 Å². The molecule has 0 N–H and O–H groups in total. The van der Waals surface area contributed by atoms with Gasteiger partial charge in [0.05, 0.1) is 7.11 Å². The van der Waals surface area contributed by atoms with Gasteiger partial charge in [-0.3, -0.25) is 9.59 Å². The number of hydrogen-bond donors (Lipinski definition) is 0. The average Bonchev–Trinajstić information content (AvgIpc) is 2.91. The van der Waals surface area contributed by atoms with Gasteiger partial charge in [-0.25, -0.2) is 9.18 Å². The predicted molar refractivity (Wildman–Crippen MR) is 143 cm³/mol. The SMILES string of the molecule is C=C(C)C=O.C=CC.C=CC(=O)Oc1cc(-c2ccc(OC=O)cc2)c(F)cc1-c1ccc(OC)cc1. The summed E-state index contributed by atoms with van der Waals surface area (Å²) in [6.07, 6.45) is 3.51. The van der Waals surface area contributed by atoms with E-state index >= 15 is 0 Å². The molecule has 192 valence electrons. The molecular weight excluding hydrogens is 475 g/mol. The molecule has 0 aliphatic heterocycles. The van der Waals surface area contributed by atoms with Crippen LogP contribution in [-0.2, 0) is 14.4 Å². The molecule has 0 bridgehead atoms. The summed E-state index contributed by atoms with van der Waals surface area (Å²) in [7, 11) is 1.55. The number of methoxy groups -OCH3 is 1. The summed E-state index contributed by atoms with van der Waals surface area (Å²) >= 11 is 0. The van der Waals surface area contributed by atoms with Crippen molar-refractivity contribution in [1.82, 2.24) is 0 Å². The third-order valence-corrected chi connectivity index (χ3v) is 4.40. The minimum absolute atomic E-state index is 0.185. The number of carbonyl (C=O) groups is 3. The summed E-state index contributed by atoms with van der Waals surface area (Å²) < 4.78 is 30.2. The number of rotatable bonds is 8. The van der Waals surface area contributed by atoms with Gasteiger partial charge < -0.3 is 14.2 Å². The number of carbonyl (C=O) groups excluding carboxylic acids is 3. The van der Waals surface area contributed by atoms with Gasteiger partial charge in [0, 0.05) is 17.2 Å². The normalized spacial score (nSPS) is 9.19. The summed E-state index contributed by atoms with van der Waals surface area (Å²) in [6, 6.07) is 16.0. The van der Waals surface area contributed by atoms with E-state index in [2.05, 4.69) is 19.7 Å². The lowest BCUT2D eigenvalue weighted by atomic mass is 9.98. The highest BCUT2D eigenvalue weighted by atomic mass is 19.1. The molecule has 0 aliphatic rings. The van der Waals surface area contributed by atoms with Gasteiger partial charge in [-0.15, -0.1) is 6.58 Å². The van der Waals surface area contributed by atoms with Crippen LogP contribution in [0.5, 0.6) is 17.2 Å². The Balaban J connectivity index is 0.000000751. The third kappa shape index (κ3) is 9.78. The highest BCUT2D eigenvalue weighted by Gasteiger charge is 2.16. The fourth-order valence-electron chi connectivity index (χ4n) is 2.77. The van der Waals surface area contributed by atoms with Crippen molar-refractivity contribution >= 4 is 18.7 Å². The van der Waals surface area contributed by atoms with Gasteiger partial charge in [0.25, 0.3) is 6.47 Å². The molecule has 3 aromatic carbocycles. The molecule has 0 atom stereocenters. The lowest BCUT2D eigenvalue weighted by Gasteiger charge is -2.14. The first kappa shape index (κ1) is 30.3. The van der Waals surface area contributed by atoms with Crippen LogP contribution in [0, 0.1) is 5.82 Å². The summed E-state index contributed by atoms with van der Waals surface area (Å²) in [5.74, 6) is 0.000410. The summed E-state index contributed by atoms with van der Waals surface area (Å²) in [5.41, 5.74) is 2.39. The van der Waals surface area contributed by atoms with Crippen molar-refractivity contribution in [3.8, 4) is 39.5 Å². The Morgan fingerprint density at radius 2 is 1.38 bits per heavy atom. The number of aldehydes is 1. The zero-order valence-electron chi connectivity index (χ0n) is 21.0. The predicted octanol–water partition coefficient (Wildman–Crippen LogP) is 6.75. The van der Waals surface area contributed by atoms with Gasteiger partial charge >= 0.3 is 5.97 Å². The van der Waals surface area contributed by atoms with Gasteiger partial charge in [-0.05, 0) is 66.9 Å². The monoisotopic (exact) mass is 504 g/mol. The largest absolute Gasteiger partial charge is 0.497 e. The van der Waals surface area contributed by atoms with Gasteiger partial charge in [-0.2, -0.15) is 0 Å². The van der Waals surface area contributed by atoms with E-state index in [1.807, 2.05) is 6.92 Å². The number of allylic oxidation sites excluding steroid dienone is 2. The second-order valence-electron chi connectivity index (χ2n) is 7.29. The zero-order chi connectivity index (χ0) is 27.8. The van der Waals surface area contributed by atoms with Crippen LogP contribution in [0.3, 0.4) is 0 Å². The molecule has 0 radical (unpaired) electrons. The van der Waals surface area contributed by atoms with Gasteiger partial charge in [0.2, 0.25) is 0 Å². The van der Waals surface area contributed by atoms with Crippen molar-refractivity contribution in [2.75, 3.05) is 7.11 Å². The van der Waals surface area contributed by atoms with Crippen LogP contribution in [0.25, 0.3) is 22.3 Å². The molecule has 0 aromatic heterocycles. The number of halogens is 1. The Hall–Kier alpha value is -4.78. The first-order chi connectivity index (χ1) is 17.7. The number of benzene rings is 3. The quantitative estimate of drug-likeness (QED) is 0.111. The average molecular weight is 505 g/mol. The van der Waals surface area contributed by atoms with Gasteiger partial charge in [0.1, 0.15) is 29.4 Å². The first-order valence-electron chi connectivity index (χ1n) is 10.9. The molecule has 0 saturated carbocycles. The second-order valence-corrected chi connectivity index (χ2v) is 7.29. The smallest absolute Gasteiger partial charge is 0.335 e. The summed E-state index contributed by atoms with van der Waals surface area (Å²) in [5, 5.41) is 0. The number of ether oxygens (including phenoxy) is 3. The van der Waals surface area contributed by atoms with Crippen molar-refractivity contribution in [1.29, 1.82) is 0 Å². The highest BCUT2D eigenvalue weighted by molar-refractivity contribution is 5.87. The van der Waals surface area contributed by atoms with Crippen LogP contribution in [0.4, 0.5) is 4.39 Å². The molecule has 3 rings (SSSR count). The van der Waals surface area contributed by atoms with Crippen LogP contribution in [0.15, 0.2) is 98.1 Å². The molecule has 0 aliphatic carbocycles. The molecular formula is C30H29FO6. The van der Waals surface area contributed by atoms with E-state index in [0.29, 0.717) is 40.2 Å². The van der Waals surface area contributed by atoms with E-state index in [4.69, 9.17) is 14.2 Å². The van der Waals surface area contributed by atoms with Crippen LogP contribution in [0.1, 0.15) is 13.8 Å². The fraction of sp³-hybridized carbons (Fsp3) is 0.100. The van der Waals surface area contributed by atoms with E-state index in [9.17, 15) is 18.8 Å². The second kappa shape index (κ2) is 16.0. The molecule has 6 nitrogen and oxygen atoms in total. The van der Waals surface area contributed by atoms with Gasteiger partial charge in [-0.1, -0.05) is 43.5 Å². The summed E-state index contributed by atoms with van der Waals surface area (Å²) in [6.45, 7) is 13.9. The fourth-order valence-corrected chi connectivity index (χ4v) is 2.77. The standard InChI is InChI=1S/C23H17FO5.C4H6O.C3H6/c1-3-23(26)29-22-13-19(15-6-10-18(11-7-15)28-14-25)21(24)12-20(22)16-4-8-17(27-2)9-5-16;1-4(2)3-5;1-3-2/h3-14H,1H2,2H3;3H,1H2,2H3;3H,1H2,2H3. The topological polar surface area (TPSA) is 78.9 Å². The maximum atomic E-state index is 14.9. The Morgan fingerprint density at radius 3 is 1.81 bits per heavy atom. The molecule has 37 heavy (non-hydrogen) atoms. The van der Waals surface area contributed by atoms with Crippen LogP contribution in [-0.4, -0.2) is 25.8 Å². The van der Waals surface area contributed by atoms with Crippen molar-refractivity contribution < 1.29 is 33.0 Å². The maximum Gasteiger partial charge on any atom is 0.335 e. The minimum Gasteiger partial charge on any atom is -0.497 e. The van der Waals surface area contributed by atoms with E-state index in [1.54, 1.807) is 56.5 Å². The Bertz CT molecular complexity index is 1230. The zero-order valence-corrected chi connectivity index (χ0v) is 21.0. The van der Waals surface area contributed by atoms with Crippen LogP contribution >= 0.6 is 0 Å². The summed E-state index contributed by atoms with van der Waals surface area (Å²) in [4.78, 5) is 31.6. The molecule has 0 heterocycles. The van der Waals surface area contributed by atoms with Crippen molar-refractivity contribution in [2.45, 2.75) is 13.8 Å². The minimum atomic E-state index is -0.660. The molecule has 0 spiro atoms. The third-order valence-electron chi connectivity index (χ3n) is 4.40. The van der Waals surface area contributed by atoms with Crippen molar-refractivity contribution in [3.05, 3.63) is 104 Å². The van der Waals surface area contributed by atoms with Crippen molar-refractivity contribution in [2.24, 2.45) is 0 Å². The Labute approximate surface area is 216 Å². The Kier molecular flexibility index (Phi) is 13.1. The molecule has 7 heteroatoms.